The first-order valence-corrected chi connectivity index (χ1v) is 7.53. The summed E-state index contributed by atoms with van der Waals surface area (Å²) in [7, 11) is 0. The summed E-state index contributed by atoms with van der Waals surface area (Å²) >= 11 is 6.09. The van der Waals surface area contributed by atoms with Gasteiger partial charge < -0.3 is 20.7 Å². The van der Waals surface area contributed by atoms with Gasteiger partial charge in [-0.1, -0.05) is 11.6 Å². The molecule has 0 aromatic heterocycles. The van der Waals surface area contributed by atoms with Gasteiger partial charge in [-0.15, -0.1) is 0 Å². The lowest BCUT2D eigenvalue weighted by molar-refractivity contribution is -0.133. The van der Waals surface area contributed by atoms with Crippen molar-refractivity contribution in [3.63, 3.8) is 0 Å². The molecule has 3 N–H and O–H groups in total. The molecule has 0 fully saturated rings. The van der Waals surface area contributed by atoms with E-state index in [-0.39, 0.29) is 18.4 Å². The van der Waals surface area contributed by atoms with Crippen LogP contribution in [0, 0.1) is 0 Å². The van der Waals surface area contributed by atoms with Gasteiger partial charge in [0, 0.05) is 18.8 Å². The van der Waals surface area contributed by atoms with Crippen LogP contribution >= 0.6 is 11.6 Å². The molecule has 1 rings (SSSR count). The van der Waals surface area contributed by atoms with Crippen molar-refractivity contribution in [3.8, 4) is 5.75 Å². The summed E-state index contributed by atoms with van der Waals surface area (Å²) in [6, 6.07) is 4.19. The van der Waals surface area contributed by atoms with E-state index in [9.17, 15) is 9.59 Å². The standard InChI is InChI=1S/C15H22ClN3O3/c1-4-19(5-2)14(20)9-22-13-7-6-11(8-12(13)16)18-15(21)10(3)17/h6-8,10H,4-5,9,17H2,1-3H3,(H,18,21)/t10-/m0/s1. The Morgan fingerprint density at radius 3 is 2.50 bits per heavy atom. The van der Waals surface area contributed by atoms with Crippen LogP contribution in [0.25, 0.3) is 0 Å². The van der Waals surface area contributed by atoms with E-state index in [1.165, 1.54) is 0 Å². The normalized spacial score (nSPS) is 11.7. The molecule has 6 nitrogen and oxygen atoms in total. The van der Waals surface area contributed by atoms with E-state index in [0.717, 1.165) is 0 Å². The first-order chi connectivity index (χ1) is 10.4. The molecule has 0 heterocycles. The Hall–Kier alpha value is -1.79. The molecule has 0 aliphatic heterocycles. The fraction of sp³-hybridized carbons (Fsp3) is 0.467. The van der Waals surface area contributed by atoms with E-state index >= 15 is 0 Å². The monoisotopic (exact) mass is 327 g/mol. The van der Waals surface area contributed by atoms with E-state index in [1.54, 1.807) is 30.0 Å². The van der Waals surface area contributed by atoms with Crippen LogP contribution in [0.3, 0.4) is 0 Å². The van der Waals surface area contributed by atoms with Gasteiger partial charge in [-0.05, 0) is 39.0 Å². The average molecular weight is 328 g/mol. The molecule has 7 heteroatoms. The third kappa shape index (κ3) is 5.20. The Labute approximate surface area is 135 Å². The van der Waals surface area contributed by atoms with E-state index in [0.29, 0.717) is 29.5 Å². The zero-order valence-corrected chi connectivity index (χ0v) is 13.8. The van der Waals surface area contributed by atoms with Crippen LogP contribution in [0.4, 0.5) is 5.69 Å². The molecule has 1 aromatic rings. The molecule has 0 saturated carbocycles. The van der Waals surface area contributed by atoms with Gasteiger partial charge in [0.15, 0.2) is 6.61 Å². The van der Waals surface area contributed by atoms with Crippen molar-refractivity contribution < 1.29 is 14.3 Å². The number of nitrogens with one attached hydrogen (secondary N) is 1. The molecule has 0 spiro atoms. The first-order valence-electron chi connectivity index (χ1n) is 7.15. The number of carbonyl (C=O) groups excluding carboxylic acids is 2. The molecule has 0 unspecified atom stereocenters. The third-order valence-corrected chi connectivity index (χ3v) is 3.38. The van der Waals surface area contributed by atoms with Crippen molar-refractivity contribution in [1.82, 2.24) is 4.90 Å². The van der Waals surface area contributed by atoms with Crippen LogP contribution in [0.2, 0.25) is 5.02 Å². The van der Waals surface area contributed by atoms with Gasteiger partial charge in [0.05, 0.1) is 11.1 Å². The summed E-state index contributed by atoms with van der Waals surface area (Å²) in [6.45, 7) is 6.60. The molecule has 0 aliphatic rings. The van der Waals surface area contributed by atoms with Gasteiger partial charge in [-0.25, -0.2) is 0 Å². The zero-order valence-electron chi connectivity index (χ0n) is 13.1. The Kier molecular flexibility index (Phi) is 7.14. The minimum atomic E-state index is -0.610. The summed E-state index contributed by atoms with van der Waals surface area (Å²) in [5.74, 6) is -0.0159. The van der Waals surface area contributed by atoms with Crippen molar-refractivity contribution in [1.29, 1.82) is 0 Å². The number of hydrogen-bond acceptors (Lipinski definition) is 4. The molecular formula is C15H22ClN3O3. The van der Waals surface area contributed by atoms with E-state index in [1.807, 2.05) is 13.8 Å². The Balaban J connectivity index is 2.66. The smallest absolute Gasteiger partial charge is 0.260 e. The van der Waals surface area contributed by atoms with Crippen LogP contribution in [-0.4, -0.2) is 42.5 Å². The molecule has 122 valence electrons. The molecule has 22 heavy (non-hydrogen) atoms. The highest BCUT2D eigenvalue weighted by molar-refractivity contribution is 6.32. The summed E-state index contributed by atoms with van der Waals surface area (Å²) < 4.78 is 5.43. The molecule has 0 bridgehead atoms. The topological polar surface area (TPSA) is 84.7 Å². The van der Waals surface area contributed by atoms with Crippen molar-refractivity contribution in [2.24, 2.45) is 5.73 Å². The number of amides is 2. The minimum Gasteiger partial charge on any atom is -0.482 e. The number of ether oxygens (including phenoxy) is 1. The predicted octanol–water partition coefficient (Wildman–Crippen LogP) is 1.87. The van der Waals surface area contributed by atoms with Gasteiger partial charge in [0.1, 0.15) is 5.75 Å². The number of anilines is 1. The SMILES string of the molecule is CCN(CC)C(=O)COc1ccc(NC(=O)[C@H](C)N)cc1Cl. The van der Waals surface area contributed by atoms with Crippen molar-refractivity contribution in [2.75, 3.05) is 25.0 Å². The highest BCUT2D eigenvalue weighted by Crippen LogP contribution is 2.27. The van der Waals surface area contributed by atoms with Gasteiger partial charge in [0.2, 0.25) is 5.91 Å². The van der Waals surface area contributed by atoms with E-state index < -0.39 is 6.04 Å². The lowest BCUT2D eigenvalue weighted by Crippen LogP contribution is -2.34. The summed E-state index contributed by atoms with van der Waals surface area (Å²) in [5, 5.41) is 2.95. The number of rotatable bonds is 7. The molecule has 0 saturated heterocycles. The number of halogens is 1. The number of likely N-dealkylation sites (N-methyl/N-ethyl adjacent to an activating group) is 1. The predicted molar refractivity (Wildman–Crippen MR) is 87.2 cm³/mol. The number of carbonyl (C=O) groups is 2. The zero-order chi connectivity index (χ0) is 16.7. The average Bonchev–Trinajstić information content (AvgIpc) is 2.47. The van der Waals surface area contributed by atoms with Gasteiger partial charge in [0.25, 0.3) is 5.91 Å². The molecule has 0 radical (unpaired) electrons. The summed E-state index contributed by atoms with van der Waals surface area (Å²) in [6.07, 6.45) is 0. The van der Waals surface area contributed by atoms with Gasteiger partial charge in [-0.2, -0.15) is 0 Å². The van der Waals surface area contributed by atoms with Crippen LogP contribution in [0.5, 0.6) is 5.75 Å². The largest absolute Gasteiger partial charge is 0.482 e. The minimum absolute atomic E-state index is 0.0764. The maximum absolute atomic E-state index is 11.9. The molecule has 1 aromatic carbocycles. The Bertz CT molecular complexity index is 531. The van der Waals surface area contributed by atoms with Crippen molar-refractivity contribution >= 4 is 29.1 Å². The Morgan fingerprint density at radius 2 is 2.00 bits per heavy atom. The second-order valence-corrected chi connectivity index (χ2v) is 5.19. The van der Waals surface area contributed by atoms with Crippen LogP contribution in [0.1, 0.15) is 20.8 Å². The summed E-state index contributed by atoms with van der Waals surface area (Å²) in [5.41, 5.74) is 6.00. The van der Waals surface area contributed by atoms with Crippen LogP contribution < -0.4 is 15.8 Å². The second kappa shape index (κ2) is 8.60. The fourth-order valence-electron chi connectivity index (χ4n) is 1.76. The summed E-state index contributed by atoms with van der Waals surface area (Å²) in [4.78, 5) is 25.0. The molecule has 1 atom stereocenters. The lowest BCUT2D eigenvalue weighted by atomic mass is 10.2. The van der Waals surface area contributed by atoms with Crippen molar-refractivity contribution in [3.05, 3.63) is 23.2 Å². The molecule has 0 aliphatic carbocycles. The maximum Gasteiger partial charge on any atom is 0.260 e. The van der Waals surface area contributed by atoms with Crippen LogP contribution in [-0.2, 0) is 9.59 Å². The number of nitrogens with zero attached hydrogens (tertiary/aromatic N) is 1. The Morgan fingerprint density at radius 1 is 1.36 bits per heavy atom. The first kappa shape index (κ1) is 18.3. The van der Waals surface area contributed by atoms with E-state index in [2.05, 4.69) is 5.32 Å². The van der Waals surface area contributed by atoms with Gasteiger partial charge >= 0.3 is 0 Å². The third-order valence-electron chi connectivity index (χ3n) is 3.08. The maximum atomic E-state index is 11.9. The fourth-order valence-corrected chi connectivity index (χ4v) is 1.99. The van der Waals surface area contributed by atoms with Crippen molar-refractivity contribution in [2.45, 2.75) is 26.8 Å². The van der Waals surface area contributed by atoms with E-state index in [4.69, 9.17) is 22.1 Å². The van der Waals surface area contributed by atoms with Gasteiger partial charge in [-0.3, -0.25) is 9.59 Å². The quantitative estimate of drug-likeness (QED) is 0.800. The molecule has 2 amide bonds. The van der Waals surface area contributed by atoms with Crippen LogP contribution in [0.15, 0.2) is 18.2 Å². The highest BCUT2D eigenvalue weighted by atomic mass is 35.5. The number of hydrogen-bond donors (Lipinski definition) is 2. The molecular weight excluding hydrogens is 306 g/mol. The number of nitrogens with two attached hydrogens (primary N) is 1. The number of benzene rings is 1. The lowest BCUT2D eigenvalue weighted by Gasteiger charge is -2.19. The highest BCUT2D eigenvalue weighted by Gasteiger charge is 2.13. The second-order valence-electron chi connectivity index (χ2n) is 4.78.